The van der Waals surface area contributed by atoms with Crippen molar-refractivity contribution in [2.45, 2.75) is 18.4 Å². The molecule has 186 valence electrons. The number of methoxy groups -OCH3 is 2. The number of rotatable bonds is 9. The van der Waals surface area contributed by atoms with Crippen LogP contribution in [-0.2, 0) is 21.4 Å². The number of nitrogens with one attached hydrogen (secondary N) is 1. The fourth-order valence-electron chi connectivity index (χ4n) is 3.96. The second-order valence-electron chi connectivity index (χ2n) is 8.28. The van der Waals surface area contributed by atoms with Gasteiger partial charge in [-0.1, -0.05) is 60.2 Å². The Kier molecular flexibility index (Phi) is 7.45. The molecule has 1 N–H and O–H groups in total. The number of anilines is 1. The third-order valence-corrected chi connectivity index (χ3v) is 7.68. The average molecular weight is 505 g/mol. The van der Waals surface area contributed by atoms with E-state index >= 15 is 0 Å². The molecule has 4 aromatic rings. The van der Waals surface area contributed by atoms with Crippen molar-refractivity contribution in [3.05, 3.63) is 96.1 Å². The van der Waals surface area contributed by atoms with Crippen molar-refractivity contribution in [1.29, 1.82) is 0 Å². The molecule has 4 aromatic carbocycles. The summed E-state index contributed by atoms with van der Waals surface area (Å²) in [5, 5.41) is 4.98. The maximum absolute atomic E-state index is 13.7. The van der Waals surface area contributed by atoms with Gasteiger partial charge < -0.3 is 14.8 Å². The van der Waals surface area contributed by atoms with Crippen molar-refractivity contribution in [3.8, 4) is 11.5 Å². The Morgan fingerprint density at radius 3 is 2.28 bits per heavy atom. The Morgan fingerprint density at radius 1 is 0.861 bits per heavy atom. The van der Waals surface area contributed by atoms with Crippen molar-refractivity contribution in [3.63, 3.8) is 0 Å². The van der Waals surface area contributed by atoms with E-state index in [9.17, 15) is 13.2 Å². The minimum absolute atomic E-state index is 0.0115. The Hall–Kier alpha value is -4.04. The van der Waals surface area contributed by atoms with E-state index in [1.807, 2.05) is 49.4 Å². The molecule has 8 heteroatoms. The number of aryl methyl sites for hydroxylation is 1. The summed E-state index contributed by atoms with van der Waals surface area (Å²) in [6, 6.07) is 25.1. The van der Waals surface area contributed by atoms with Gasteiger partial charge in [-0.25, -0.2) is 8.42 Å². The van der Waals surface area contributed by atoms with Crippen LogP contribution in [-0.4, -0.2) is 35.1 Å². The van der Waals surface area contributed by atoms with E-state index in [-0.39, 0.29) is 23.7 Å². The quantitative estimate of drug-likeness (QED) is 0.358. The number of benzene rings is 4. The van der Waals surface area contributed by atoms with Gasteiger partial charge in [-0.3, -0.25) is 9.10 Å². The second-order valence-corrected chi connectivity index (χ2v) is 10.1. The SMILES string of the molecule is COc1ccc(S(=O)(=O)N(CC(=O)NCc2cccc3ccccc23)c2ccc(C)cc2)cc1OC. The monoisotopic (exact) mass is 504 g/mol. The molecule has 0 aliphatic rings. The van der Waals surface area contributed by atoms with Crippen LogP contribution in [0, 0.1) is 6.92 Å². The van der Waals surface area contributed by atoms with Gasteiger partial charge in [0.25, 0.3) is 10.0 Å². The van der Waals surface area contributed by atoms with Gasteiger partial charge in [0.05, 0.1) is 24.8 Å². The third-order valence-electron chi connectivity index (χ3n) is 5.91. The van der Waals surface area contributed by atoms with Crippen LogP contribution >= 0.6 is 0 Å². The fourth-order valence-corrected chi connectivity index (χ4v) is 5.39. The van der Waals surface area contributed by atoms with Crippen molar-refractivity contribution in [1.82, 2.24) is 5.32 Å². The van der Waals surface area contributed by atoms with Crippen LogP contribution in [0.4, 0.5) is 5.69 Å². The molecule has 0 fully saturated rings. The summed E-state index contributed by atoms with van der Waals surface area (Å²) in [7, 11) is -1.19. The number of hydrogen-bond acceptors (Lipinski definition) is 5. The van der Waals surface area contributed by atoms with E-state index in [0.29, 0.717) is 11.4 Å². The Balaban J connectivity index is 1.62. The fraction of sp³-hybridized carbons (Fsp3) is 0.179. The highest BCUT2D eigenvalue weighted by Gasteiger charge is 2.28. The average Bonchev–Trinajstić information content (AvgIpc) is 2.90. The number of carbonyl (C=O) groups is 1. The zero-order valence-electron chi connectivity index (χ0n) is 20.4. The first-order valence-electron chi connectivity index (χ1n) is 11.4. The van der Waals surface area contributed by atoms with Crippen LogP contribution in [0.1, 0.15) is 11.1 Å². The molecule has 0 atom stereocenters. The van der Waals surface area contributed by atoms with E-state index in [1.165, 1.54) is 32.4 Å². The topological polar surface area (TPSA) is 84.9 Å². The summed E-state index contributed by atoms with van der Waals surface area (Å²) in [5.41, 5.74) is 2.31. The highest BCUT2D eigenvalue weighted by atomic mass is 32.2. The van der Waals surface area contributed by atoms with Crippen LogP contribution in [0.3, 0.4) is 0 Å². The Labute approximate surface area is 211 Å². The van der Waals surface area contributed by atoms with Crippen LogP contribution in [0.5, 0.6) is 11.5 Å². The van der Waals surface area contributed by atoms with E-state index in [0.717, 1.165) is 26.2 Å². The van der Waals surface area contributed by atoms with E-state index < -0.39 is 15.9 Å². The van der Waals surface area contributed by atoms with Crippen LogP contribution < -0.4 is 19.1 Å². The number of ether oxygens (including phenoxy) is 2. The lowest BCUT2D eigenvalue weighted by molar-refractivity contribution is -0.119. The number of fused-ring (bicyclic) bond motifs is 1. The Morgan fingerprint density at radius 2 is 1.56 bits per heavy atom. The van der Waals surface area contributed by atoms with Gasteiger partial charge in [0.2, 0.25) is 5.91 Å². The van der Waals surface area contributed by atoms with Crippen LogP contribution in [0.25, 0.3) is 10.8 Å². The number of sulfonamides is 1. The van der Waals surface area contributed by atoms with Crippen molar-refractivity contribution in [2.75, 3.05) is 25.1 Å². The molecule has 36 heavy (non-hydrogen) atoms. The van der Waals surface area contributed by atoms with Gasteiger partial charge in [-0.05, 0) is 47.5 Å². The summed E-state index contributed by atoms with van der Waals surface area (Å²) in [6.45, 7) is 1.80. The summed E-state index contributed by atoms with van der Waals surface area (Å²) >= 11 is 0. The van der Waals surface area contributed by atoms with Crippen molar-refractivity contribution < 1.29 is 22.7 Å². The summed E-state index contributed by atoms with van der Waals surface area (Å²) in [5.74, 6) is 0.265. The largest absolute Gasteiger partial charge is 0.493 e. The van der Waals surface area contributed by atoms with Gasteiger partial charge in [-0.15, -0.1) is 0 Å². The molecular weight excluding hydrogens is 476 g/mol. The highest BCUT2D eigenvalue weighted by molar-refractivity contribution is 7.92. The van der Waals surface area contributed by atoms with Gasteiger partial charge in [-0.2, -0.15) is 0 Å². The molecular formula is C28H28N2O5S. The first-order valence-corrected chi connectivity index (χ1v) is 12.8. The van der Waals surface area contributed by atoms with E-state index in [4.69, 9.17) is 9.47 Å². The Bertz CT molecular complexity index is 1480. The molecule has 0 heterocycles. The summed E-state index contributed by atoms with van der Waals surface area (Å²) in [4.78, 5) is 13.0. The summed E-state index contributed by atoms with van der Waals surface area (Å²) in [6.07, 6.45) is 0. The van der Waals surface area contributed by atoms with Gasteiger partial charge in [0, 0.05) is 12.6 Å². The van der Waals surface area contributed by atoms with Crippen molar-refractivity contribution >= 4 is 32.4 Å². The molecule has 0 radical (unpaired) electrons. The molecule has 4 rings (SSSR count). The number of hydrogen-bond donors (Lipinski definition) is 1. The lowest BCUT2D eigenvalue weighted by Gasteiger charge is -2.24. The molecule has 0 saturated carbocycles. The van der Waals surface area contributed by atoms with E-state index in [2.05, 4.69) is 5.32 Å². The maximum Gasteiger partial charge on any atom is 0.264 e. The zero-order valence-corrected chi connectivity index (χ0v) is 21.2. The molecule has 1 amide bonds. The molecule has 0 aliphatic carbocycles. The van der Waals surface area contributed by atoms with Gasteiger partial charge in [0.1, 0.15) is 6.54 Å². The molecule has 0 bridgehead atoms. The lowest BCUT2D eigenvalue weighted by Crippen LogP contribution is -2.40. The number of nitrogens with zero attached hydrogens (tertiary/aromatic N) is 1. The van der Waals surface area contributed by atoms with Crippen LogP contribution in [0.15, 0.2) is 89.8 Å². The van der Waals surface area contributed by atoms with E-state index in [1.54, 1.807) is 24.3 Å². The summed E-state index contributed by atoms with van der Waals surface area (Å²) < 4.78 is 39.1. The number of carbonyl (C=O) groups excluding carboxylic acids is 1. The second kappa shape index (κ2) is 10.7. The van der Waals surface area contributed by atoms with Gasteiger partial charge in [0.15, 0.2) is 11.5 Å². The highest BCUT2D eigenvalue weighted by Crippen LogP contribution is 2.32. The smallest absolute Gasteiger partial charge is 0.264 e. The molecule has 7 nitrogen and oxygen atoms in total. The van der Waals surface area contributed by atoms with Gasteiger partial charge >= 0.3 is 0 Å². The standard InChI is InChI=1S/C28H28N2O5S/c1-20-11-13-23(14-12-20)30(36(32,33)24-15-16-26(34-2)27(17-24)35-3)19-28(31)29-18-22-9-6-8-21-7-4-5-10-25(21)22/h4-17H,18-19H2,1-3H3,(H,29,31). The molecule has 0 unspecified atom stereocenters. The minimum Gasteiger partial charge on any atom is -0.493 e. The lowest BCUT2D eigenvalue weighted by atomic mass is 10.0. The first-order chi connectivity index (χ1) is 17.3. The van der Waals surface area contributed by atoms with Crippen LogP contribution in [0.2, 0.25) is 0 Å². The minimum atomic E-state index is -4.10. The number of amides is 1. The first kappa shape index (κ1) is 25.1. The molecule has 0 saturated heterocycles. The molecule has 0 spiro atoms. The predicted octanol–water partition coefficient (Wildman–Crippen LogP) is 4.68. The van der Waals surface area contributed by atoms with Crippen molar-refractivity contribution in [2.24, 2.45) is 0 Å². The normalized spacial score (nSPS) is 11.2. The molecule has 0 aliphatic heterocycles. The third kappa shape index (κ3) is 5.28. The predicted molar refractivity (Wildman–Crippen MR) is 141 cm³/mol. The zero-order chi connectivity index (χ0) is 25.7. The maximum atomic E-state index is 13.7. The molecule has 0 aromatic heterocycles.